The van der Waals surface area contributed by atoms with E-state index in [0.29, 0.717) is 5.56 Å². The highest BCUT2D eigenvalue weighted by Gasteiger charge is 2.24. The lowest BCUT2D eigenvalue weighted by atomic mass is 10.0. The molecule has 4 heteroatoms. The maximum absolute atomic E-state index is 12.0. The number of rotatable bonds is 1. The van der Waals surface area contributed by atoms with E-state index in [-0.39, 0.29) is 4.75 Å². The van der Waals surface area contributed by atoms with Crippen molar-refractivity contribution in [3.05, 3.63) is 34.9 Å². The van der Waals surface area contributed by atoms with Crippen molar-refractivity contribution in [2.24, 2.45) is 4.40 Å². The van der Waals surface area contributed by atoms with E-state index in [9.17, 15) is 4.21 Å². The monoisotopic (exact) mass is 260 g/mol. The number of nitriles is 1. The molecular weight excluding hydrogens is 244 g/mol. The standard InChI is InChI=1S/C14H16N2OS/c1-14(2,3)18(17)16-13-8-7-11-10(9-15)5-4-6-12(11)13/h4-6H,7-8H2,1-3H3. The van der Waals surface area contributed by atoms with Gasteiger partial charge in [0.05, 0.1) is 22.1 Å². The summed E-state index contributed by atoms with van der Waals surface area (Å²) in [7, 11) is -1.24. The fraction of sp³-hybridized carbons (Fsp3) is 0.429. The van der Waals surface area contributed by atoms with Crippen molar-refractivity contribution in [1.29, 1.82) is 5.26 Å². The Balaban J connectivity index is 2.42. The summed E-state index contributed by atoms with van der Waals surface area (Å²) >= 11 is 0. The van der Waals surface area contributed by atoms with Gasteiger partial charge in [-0.15, -0.1) is 0 Å². The molecule has 0 saturated heterocycles. The van der Waals surface area contributed by atoms with E-state index in [4.69, 9.17) is 5.26 Å². The summed E-state index contributed by atoms with van der Waals surface area (Å²) in [5.41, 5.74) is 3.62. The third-order valence-electron chi connectivity index (χ3n) is 2.94. The maximum Gasteiger partial charge on any atom is 0.145 e. The lowest BCUT2D eigenvalue weighted by molar-refractivity contribution is 0.650. The molecule has 1 unspecified atom stereocenters. The first kappa shape index (κ1) is 13.0. The van der Waals surface area contributed by atoms with Crippen LogP contribution in [0.3, 0.4) is 0 Å². The second kappa shape index (κ2) is 4.66. The van der Waals surface area contributed by atoms with Crippen molar-refractivity contribution in [1.82, 2.24) is 0 Å². The summed E-state index contributed by atoms with van der Waals surface area (Å²) in [6, 6.07) is 7.84. The number of hydrogen-bond donors (Lipinski definition) is 0. The Morgan fingerprint density at radius 2 is 2.06 bits per heavy atom. The predicted octanol–water partition coefficient (Wildman–Crippen LogP) is 2.76. The molecule has 0 saturated carbocycles. The van der Waals surface area contributed by atoms with Crippen LogP contribution in [0.2, 0.25) is 0 Å². The van der Waals surface area contributed by atoms with Crippen molar-refractivity contribution in [3.63, 3.8) is 0 Å². The number of nitrogens with zero attached hydrogens (tertiary/aromatic N) is 2. The highest BCUT2D eigenvalue weighted by atomic mass is 32.2. The largest absolute Gasteiger partial charge is 0.234 e. The van der Waals surface area contributed by atoms with Crippen LogP contribution in [0.4, 0.5) is 0 Å². The van der Waals surface area contributed by atoms with Crippen LogP contribution in [0.15, 0.2) is 22.6 Å². The molecule has 0 heterocycles. The van der Waals surface area contributed by atoms with Crippen molar-refractivity contribution in [2.75, 3.05) is 0 Å². The van der Waals surface area contributed by atoms with Gasteiger partial charge in [-0.2, -0.15) is 9.66 Å². The molecule has 1 aliphatic carbocycles. The van der Waals surface area contributed by atoms with Crippen LogP contribution < -0.4 is 0 Å². The average molecular weight is 260 g/mol. The summed E-state index contributed by atoms with van der Waals surface area (Å²) in [5.74, 6) is 0. The first-order valence-electron chi connectivity index (χ1n) is 5.95. The lowest BCUT2D eigenvalue weighted by Crippen LogP contribution is -2.20. The molecule has 3 nitrogen and oxygen atoms in total. The molecule has 0 N–H and O–H groups in total. The SMILES string of the molecule is CC(C)(C)S(=O)N=C1CCc2c(C#N)cccc21. The summed E-state index contributed by atoms with van der Waals surface area (Å²) in [6.45, 7) is 5.73. The smallest absolute Gasteiger partial charge is 0.145 e. The fourth-order valence-electron chi connectivity index (χ4n) is 1.94. The van der Waals surface area contributed by atoms with E-state index >= 15 is 0 Å². The zero-order valence-electron chi connectivity index (χ0n) is 10.9. The molecule has 1 aromatic rings. The molecule has 0 radical (unpaired) electrons. The van der Waals surface area contributed by atoms with Crippen molar-refractivity contribution in [2.45, 2.75) is 38.4 Å². The van der Waals surface area contributed by atoms with E-state index < -0.39 is 11.0 Å². The van der Waals surface area contributed by atoms with Gasteiger partial charge in [-0.05, 0) is 45.2 Å². The Hall–Kier alpha value is -1.47. The third-order valence-corrected chi connectivity index (χ3v) is 4.37. The molecule has 18 heavy (non-hydrogen) atoms. The molecular formula is C14H16N2OS. The van der Waals surface area contributed by atoms with Gasteiger partial charge in [-0.3, -0.25) is 0 Å². The molecule has 0 aliphatic heterocycles. The van der Waals surface area contributed by atoms with Crippen LogP contribution in [-0.4, -0.2) is 14.7 Å². The summed E-state index contributed by atoms with van der Waals surface area (Å²) in [6.07, 6.45) is 1.59. The predicted molar refractivity (Wildman–Crippen MR) is 73.9 cm³/mol. The summed E-state index contributed by atoms with van der Waals surface area (Å²) in [4.78, 5) is 0. The average Bonchev–Trinajstić information content (AvgIpc) is 2.71. The molecule has 0 fully saturated rings. The van der Waals surface area contributed by atoms with Crippen molar-refractivity contribution in [3.8, 4) is 6.07 Å². The summed E-state index contributed by atoms with van der Waals surface area (Å²) < 4.78 is 16.0. The number of hydrogen-bond acceptors (Lipinski definition) is 2. The van der Waals surface area contributed by atoms with E-state index in [0.717, 1.165) is 29.7 Å². The molecule has 0 spiro atoms. The topological polar surface area (TPSA) is 53.2 Å². The first-order chi connectivity index (χ1) is 8.43. The van der Waals surface area contributed by atoms with E-state index in [1.54, 1.807) is 0 Å². The van der Waals surface area contributed by atoms with E-state index in [1.807, 2.05) is 39.0 Å². The Morgan fingerprint density at radius 3 is 2.67 bits per heavy atom. The van der Waals surface area contributed by atoms with Crippen molar-refractivity contribution < 1.29 is 4.21 Å². The molecule has 1 atom stereocenters. The highest BCUT2D eigenvalue weighted by Crippen LogP contribution is 2.27. The van der Waals surface area contributed by atoms with E-state index in [1.165, 1.54) is 0 Å². The summed E-state index contributed by atoms with van der Waals surface area (Å²) in [5, 5.41) is 9.05. The maximum atomic E-state index is 12.0. The van der Waals surface area contributed by atoms with Crippen LogP contribution in [0.5, 0.6) is 0 Å². The minimum Gasteiger partial charge on any atom is -0.234 e. The van der Waals surface area contributed by atoms with Gasteiger partial charge in [0.1, 0.15) is 11.0 Å². The zero-order valence-corrected chi connectivity index (χ0v) is 11.7. The van der Waals surface area contributed by atoms with Gasteiger partial charge in [-0.1, -0.05) is 12.1 Å². The second-order valence-corrected chi connectivity index (χ2v) is 7.25. The fourth-order valence-corrected chi connectivity index (χ4v) is 2.60. The van der Waals surface area contributed by atoms with Crippen LogP contribution in [0.25, 0.3) is 0 Å². The van der Waals surface area contributed by atoms with Crippen LogP contribution in [-0.2, 0) is 17.4 Å². The van der Waals surface area contributed by atoms with Crippen molar-refractivity contribution >= 4 is 16.7 Å². The molecule has 0 amide bonds. The molecule has 2 rings (SSSR count). The molecule has 0 bridgehead atoms. The zero-order chi connectivity index (χ0) is 13.3. The van der Waals surface area contributed by atoms with Gasteiger partial charge < -0.3 is 0 Å². The van der Waals surface area contributed by atoms with Gasteiger partial charge in [0.15, 0.2) is 0 Å². The first-order valence-corrected chi connectivity index (χ1v) is 7.06. The Bertz CT molecular complexity index is 576. The van der Waals surface area contributed by atoms with Crippen LogP contribution in [0, 0.1) is 11.3 Å². The number of benzene rings is 1. The Labute approximate surface area is 110 Å². The molecule has 1 aromatic carbocycles. The van der Waals surface area contributed by atoms with Gasteiger partial charge in [0.2, 0.25) is 0 Å². The second-order valence-electron chi connectivity index (χ2n) is 5.34. The van der Waals surface area contributed by atoms with Crippen LogP contribution in [0.1, 0.15) is 43.9 Å². The minimum absolute atomic E-state index is 0.345. The normalized spacial score (nSPS) is 18.4. The van der Waals surface area contributed by atoms with Gasteiger partial charge >= 0.3 is 0 Å². The highest BCUT2D eigenvalue weighted by molar-refractivity contribution is 7.85. The van der Waals surface area contributed by atoms with Crippen LogP contribution >= 0.6 is 0 Å². The molecule has 1 aliphatic rings. The quantitative estimate of drug-likeness (QED) is 0.779. The molecule has 0 aromatic heterocycles. The molecule has 94 valence electrons. The van der Waals surface area contributed by atoms with Gasteiger partial charge in [0, 0.05) is 5.56 Å². The van der Waals surface area contributed by atoms with Gasteiger partial charge in [0.25, 0.3) is 0 Å². The number of fused-ring (bicyclic) bond motifs is 1. The van der Waals surface area contributed by atoms with E-state index in [2.05, 4.69) is 10.5 Å². The Kier molecular flexibility index (Phi) is 3.36. The lowest BCUT2D eigenvalue weighted by Gasteiger charge is -2.14. The third kappa shape index (κ3) is 2.37. The Morgan fingerprint density at radius 1 is 1.33 bits per heavy atom. The minimum atomic E-state index is -1.24. The van der Waals surface area contributed by atoms with Gasteiger partial charge in [-0.25, -0.2) is 4.21 Å².